The van der Waals surface area contributed by atoms with E-state index in [4.69, 9.17) is 5.14 Å². The van der Waals surface area contributed by atoms with Crippen molar-refractivity contribution in [3.8, 4) is 16.3 Å². The van der Waals surface area contributed by atoms with Gasteiger partial charge < -0.3 is 4.57 Å². The first-order valence-corrected chi connectivity index (χ1v) is 8.74. The van der Waals surface area contributed by atoms with Gasteiger partial charge >= 0.3 is 0 Å². The molecule has 21 heavy (non-hydrogen) atoms. The van der Waals surface area contributed by atoms with Crippen LogP contribution >= 0.6 is 11.3 Å². The lowest BCUT2D eigenvalue weighted by atomic mass is 10.1. The van der Waals surface area contributed by atoms with Gasteiger partial charge in [0.15, 0.2) is 0 Å². The second kappa shape index (κ2) is 5.14. The molecule has 6 heteroatoms. The van der Waals surface area contributed by atoms with Gasteiger partial charge in [-0.1, -0.05) is 18.2 Å². The van der Waals surface area contributed by atoms with Crippen LogP contribution in [0, 0.1) is 6.92 Å². The summed E-state index contributed by atoms with van der Waals surface area (Å²) in [5, 5.41) is 8.42. The van der Waals surface area contributed by atoms with Gasteiger partial charge in [0, 0.05) is 11.8 Å². The number of hydrogen-bond donors (Lipinski definition) is 1. The Morgan fingerprint density at radius 3 is 2.57 bits per heavy atom. The third-order valence-electron chi connectivity index (χ3n) is 3.17. The average Bonchev–Trinajstić information content (AvgIpc) is 3.06. The molecule has 0 radical (unpaired) electrons. The van der Waals surface area contributed by atoms with E-state index in [1.54, 1.807) is 29.5 Å². The fourth-order valence-electron chi connectivity index (χ4n) is 2.26. The SMILES string of the molecule is Cc1csc(-n2cccc2-c2ccccc2S(N)(=O)=O)c1. The first-order chi connectivity index (χ1) is 9.97. The van der Waals surface area contributed by atoms with Crippen molar-refractivity contribution in [1.29, 1.82) is 0 Å². The molecule has 0 bridgehead atoms. The fourth-order valence-corrected chi connectivity index (χ4v) is 3.91. The number of rotatable bonds is 3. The number of aromatic nitrogens is 1. The molecule has 3 rings (SSSR count). The van der Waals surface area contributed by atoms with Crippen LogP contribution in [0.1, 0.15) is 5.56 Å². The monoisotopic (exact) mass is 318 g/mol. The maximum absolute atomic E-state index is 11.8. The highest BCUT2D eigenvalue weighted by Gasteiger charge is 2.17. The standard InChI is InChI=1S/C15H14N2O2S2/c1-11-9-15(20-10-11)17-8-4-6-13(17)12-5-2-3-7-14(12)21(16,18)19/h2-10H,1H3,(H2,16,18,19). The zero-order valence-electron chi connectivity index (χ0n) is 11.4. The minimum atomic E-state index is -3.76. The van der Waals surface area contributed by atoms with Crippen molar-refractivity contribution in [1.82, 2.24) is 4.57 Å². The number of aryl methyl sites for hydroxylation is 1. The van der Waals surface area contributed by atoms with Gasteiger partial charge in [-0.2, -0.15) is 0 Å². The molecule has 0 unspecified atom stereocenters. The molecule has 1 aromatic carbocycles. The van der Waals surface area contributed by atoms with Gasteiger partial charge in [-0.25, -0.2) is 13.6 Å². The summed E-state index contributed by atoms with van der Waals surface area (Å²) in [7, 11) is -3.76. The Bertz CT molecular complexity index is 892. The molecule has 0 aliphatic rings. The first-order valence-electron chi connectivity index (χ1n) is 6.32. The maximum atomic E-state index is 11.8. The molecule has 0 saturated carbocycles. The molecule has 2 heterocycles. The summed E-state index contributed by atoms with van der Waals surface area (Å²) in [6.45, 7) is 2.03. The molecule has 0 fully saturated rings. The second-order valence-electron chi connectivity index (χ2n) is 4.77. The van der Waals surface area contributed by atoms with Crippen molar-refractivity contribution in [3.05, 3.63) is 59.6 Å². The normalized spacial score (nSPS) is 11.7. The molecule has 2 aromatic heterocycles. The summed E-state index contributed by atoms with van der Waals surface area (Å²) in [4.78, 5) is 0.137. The predicted octanol–water partition coefficient (Wildman–Crippen LogP) is 3.16. The van der Waals surface area contributed by atoms with Crippen molar-refractivity contribution in [2.24, 2.45) is 5.14 Å². The van der Waals surface area contributed by atoms with Gasteiger partial charge in [0.05, 0.1) is 15.6 Å². The van der Waals surface area contributed by atoms with Crippen LogP contribution in [0.5, 0.6) is 0 Å². The minimum absolute atomic E-state index is 0.137. The Morgan fingerprint density at radius 2 is 1.90 bits per heavy atom. The molecular formula is C15H14N2O2S2. The van der Waals surface area contributed by atoms with Crippen molar-refractivity contribution >= 4 is 21.4 Å². The van der Waals surface area contributed by atoms with E-state index in [1.807, 2.05) is 29.8 Å². The summed E-state index contributed by atoms with van der Waals surface area (Å²) in [6, 6.07) is 12.6. The van der Waals surface area contributed by atoms with E-state index in [9.17, 15) is 8.42 Å². The van der Waals surface area contributed by atoms with E-state index >= 15 is 0 Å². The van der Waals surface area contributed by atoms with E-state index in [0.717, 1.165) is 10.7 Å². The van der Waals surface area contributed by atoms with Crippen LogP contribution in [-0.4, -0.2) is 13.0 Å². The maximum Gasteiger partial charge on any atom is 0.238 e. The highest BCUT2D eigenvalue weighted by molar-refractivity contribution is 7.89. The summed E-state index contributed by atoms with van der Waals surface area (Å²) in [6.07, 6.45) is 1.92. The zero-order valence-corrected chi connectivity index (χ0v) is 13.0. The molecule has 0 spiro atoms. The Hall–Kier alpha value is -1.89. The summed E-state index contributed by atoms with van der Waals surface area (Å²) in [5.74, 6) is 0. The number of nitrogens with zero attached hydrogens (tertiary/aromatic N) is 1. The van der Waals surface area contributed by atoms with Gasteiger partial charge in [0.1, 0.15) is 0 Å². The largest absolute Gasteiger partial charge is 0.308 e. The Labute approximate surface area is 127 Å². The quantitative estimate of drug-likeness (QED) is 0.806. The molecule has 3 aromatic rings. The van der Waals surface area contributed by atoms with Crippen LogP contribution < -0.4 is 5.14 Å². The first kappa shape index (κ1) is 14.1. The Balaban J connectivity index is 2.22. The summed E-state index contributed by atoms with van der Waals surface area (Å²) < 4.78 is 25.5. The lowest BCUT2D eigenvalue weighted by molar-refractivity contribution is 0.598. The molecule has 0 saturated heterocycles. The fraction of sp³-hybridized carbons (Fsp3) is 0.0667. The number of benzene rings is 1. The molecule has 4 nitrogen and oxygen atoms in total. The molecule has 0 aliphatic heterocycles. The minimum Gasteiger partial charge on any atom is -0.308 e. The van der Waals surface area contributed by atoms with Gasteiger partial charge in [-0.15, -0.1) is 11.3 Å². The van der Waals surface area contributed by atoms with E-state index in [2.05, 4.69) is 11.4 Å². The molecule has 0 aliphatic carbocycles. The van der Waals surface area contributed by atoms with Crippen molar-refractivity contribution < 1.29 is 8.42 Å². The van der Waals surface area contributed by atoms with E-state index in [0.29, 0.717) is 5.56 Å². The van der Waals surface area contributed by atoms with E-state index < -0.39 is 10.0 Å². The molecular weight excluding hydrogens is 304 g/mol. The Kier molecular flexibility index (Phi) is 3.44. The third-order valence-corrected chi connectivity index (χ3v) is 5.19. The van der Waals surface area contributed by atoms with Crippen LogP contribution in [-0.2, 0) is 10.0 Å². The Morgan fingerprint density at radius 1 is 1.14 bits per heavy atom. The van der Waals surface area contributed by atoms with Crippen molar-refractivity contribution in [3.63, 3.8) is 0 Å². The van der Waals surface area contributed by atoms with Crippen LogP contribution in [0.2, 0.25) is 0 Å². The predicted molar refractivity (Wildman–Crippen MR) is 85.2 cm³/mol. The number of sulfonamides is 1. The highest BCUT2D eigenvalue weighted by Crippen LogP contribution is 2.31. The van der Waals surface area contributed by atoms with Crippen LogP contribution in [0.3, 0.4) is 0 Å². The number of primary sulfonamides is 1. The number of nitrogens with two attached hydrogens (primary N) is 1. The smallest absolute Gasteiger partial charge is 0.238 e. The van der Waals surface area contributed by atoms with Crippen molar-refractivity contribution in [2.75, 3.05) is 0 Å². The number of hydrogen-bond acceptors (Lipinski definition) is 3. The van der Waals surface area contributed by atoms with Crippen LogP contribution in [0.4, 0.5) is 0 Å². The lowest BCUT2D eigenvalue weighted by Crippen LogP contribution is -2.13. The van der Waals surface area contributed by atoms with E-state index in [-0.39, 0.29) is 4.90 Å². The summed E-state index contributed by atoms with van der Waals surface area (Å²) in [5.41, 5.74) is 2.59. The zero-order chi connectivity index (χ0) is 15.0. The number of thiophene rings is 1. The van der Waals surface area contributed by atoms with Crippen molar-refractivity contribution in [2.45, 2.75) is 11.8 Å². The second-order valence-corrected chi connectivity index (χ2v) is 7.19. The molecule has 2 N–H and O–H groups in total. The summed E-state index contributed by atoms with van der Waals surface area (Å²) >= 11 is 1.61. The molecule has 0 amide bonds. The average molecular weight is 318 g/mol. The van der Waals surface area contributed by atoms with Gasteiger partial charge in [-0.3, -0.25) is 0 Å². The topological polar surface area (TPSA) is 65.1 Å². The van der Waals surface area contributed by atoms with Gasteiger partial charge in [0.2, 0.25) is 10.0 Å². The van der Waals surface area contributed by atoms with Crippen LogP contribution in [0.25, 0.3) is 16.3 Å². The van der Waals surface area contributed by atoms with E-state index in [1.165, 1.54) is 11.6 Å². The van der Waals surface area contributed by atoms with Gasteiger partial charge in [0.25, 0.3) is 0 Å². The third kappa shape index (κ3) is 2.65. The molecule has 108 valence electrons. The highest BCUT2D eigenvalue weighted by atomic mass is 32.2. The van der Waals surface area contributed by atoms with Gasteiger partial charge in [-0.05, 0) is 42.1 Å². The lowest BCUT2D eigenvalue weighted by Gasteiger charge is -2.10. The molecule has 0 atom stereocenters. The van der Waals surface area contributed by atoms with Crippen LogP contribution in [0.15, 0.2) is 58.9 Å².